The van der Waals surface area contributed by atoms with Crippen molar-refractivity contribution in [1.82, 2.24) is 5.32 Å². The summed E-state index contributed by atoms with van der Waals surface area (Å²) in [4.78, 5) is 35.5. The Morgan fingerprint density at radius 3 is 2.62 bits per heavy atom. The molecule has 2 atom stereocenters. The Balaban J connectivity index is 2.74. The third-order valence-corrected chi connectivity index (χ3v) is 4.17. The van der Waals surface area contributed by atoms with Crippen molar-refractivity contribution in [3.8, 4) is 5.75 Å². The van der Waals surface area contributed by atoms with E-state index in [2.05, 4.69) is 10.6 Å². The number of amides is 3. The van der Waals surface area contributed by atoms with E-state index in [9.17, 15) is 14.4 Å². The molecule has 0 fully saturated rings. The third-order valence-electron chi connectivity index (χ3n) is 3.29. The fourth-order valence-corrected chi connectivity index (χ4v) is 2.62. The van der Waals surface area contributed by atoms with Crippen LogP contribution in [0.2, 0.25) is 5.02 Å². The monoisotopic (exact) mass is 403 g/mol. The number of carbonyl (C=O) groups excluding carboxylic acids is 3. The molecule has 0 aliphatic heterocycles. The SMILES string of the molecule is COc1ccc(Cl)cc1NC(=O)[C@@H](C)OC(=O)[C@H](CCSC)NC(N)=O. The summed E-state index contributed by atoms with van der Waals surface area (Å²) in [5, 5.41) is 5.32. The topological polar surface area (TPSA) is 120 Å². The van der Waals surface area contributed by atoms with Crippen molar-refractivity contribution in [2.45, 2.75) is 25.5 Å². The minimum Gasteiger partial charge on any atom is -0.495 e. The summed E-state index contributed by atoms with van der Waals surface area (Å²) in [5.74, 6) is -0.282. The van der Waals surface area contributed by atoms with E-state index in [-0.39, 0.29) is 0 Å². The van der Waals surface area contributed by atoms with Gasteiger partial charge in [0.2, 0.25) is 0 Å². The van der Waals surface area contributed by atoms with Crippen LogP contribution in [0.5, 0.6) is 5.75 Å². The van der Waals surface area contributed by atoms with Crippen LogP contribution < -0.4 is 21.1 Å². The molecule has 144 valence electrons. The van der Waals surface area contributed by atoms with Gasteiger partial charge in [0.1, 0.15) is 11.8 Å². The van der Waals surface area contributed by atoms with Gasteiger partial charge >= 0.3 is 12.0 Å². The number of hydrogen-bond donors (Lipinski definition) is 3. The maximum absolute atomic E-state index is 12.3. The molecule has 0 aromatic heterocycles. The van der Waals surface area contributed by atoms with E-state index in [0.717, 1.165) is 0 Å². The first-order chi connectivity index (χ1) is 12.3. The van der Waals surface area contributed by atoms with Gasteiger partial charge in [-0.2, -0.15) is 11.8 Å². The zero-order valence-corrected chi connectivity index (χ0v) is 16.3. The first-order valence-electron chi connectivity index (χ1n) is 7.68. The Hall–Kier alpha value is -2.13. The van der Waals surface area contributed by atoms with Gasteiger partial charge in [-0.1, -0.05) is 11.6 Å². The van der Waals surface area contributed by atoms with Crippen LogP contribution >= 0.6 is 23.4 Å². The number of halogens is 1. The minimum absolute atomic E-state index is 0.333. The van der Waals surface area contributed by atoms with E-state index >= 15 is 0 Å². The number of primary amides is 1. The molecule has 0 spiro atoms. The predicted octanol–water partition coefficient (Wildman–Crippen LogP) is 2.01. The lowest BCUT2D eigenvalue weighted by atomic mass is 10.2. The molecule has 1 aromatic carbocycles. The van der Waals surface area contributed by atoms with Gasteiger partial charge in [-0.15, -0.1) is 0 Å². The van der Waals surface area contributed by atoms with Gasteiger partial charge in [-0.25, -0.2) is 9.59 Å². The predicted molar refractivity (Wildman–Crippen MR) is 102 cm³/mol. The van der Waals surface area contributed by atoms with E-state index in [1.165, 1.54) is 31.9 Å². The number of ether oxygens (including phenoxy) is 2. The number of rotatable bonds is 9. The second-order valence-electron chi connectivity index (χ2n) is 5.26. The molecule has 0 heterocycles. The smallest absolute Gasteiger partial charge is 0.329 e. The van der Waals surface area contributed by atoms with Gasteiger partial charge in [0.15, 0.2) is 6.10 Å². The molecule has 26 heavy (non-hydrogen) atoms. The van der Waals surface area contributed by atoms with Crippen molar-refractivity contribution in [1.29, 1.82) is 0 Å². The lowest BCUT2D eigenvalue weighted by Gasteiger charge is -2.20. The molecular weight excluding hydrogens is 382 g/mol. The summed E-state index contributed by atoms with van der Waals surface area (Å²) in [6.45, 7) is 1.42. The molecule has 4 N–H and O–H groups in total. The van der Waals surface area contributed by atoms with Gasteiger partial charge in [0.05, 0.1) is 12.8 Å². The number of esters is 1. The number of methoxy groups -OCH3 is 1. The maximum atomic E-state index is 12.3. The highest BCUT2D eigenvalue weighted by Gasteiger charge is 2.26. The van der Waals surface area contributed by atoms with Crippen molar-refractivity contribution in [2.24, 2.45) is 5.73 Å². The Morgan fingerprint density at radius 1 is 1.35 bits per heavy atom. The highest BCUT2D eigenvalue weighted by Crippen LogP contribution is 2.27. The maximum Gasteiger partial charge on any atom is 0.329 e. The van der Waals surface area contributed by atoms with E-state index in [4.69, 9.17) is 26.8 Å². The fraction of sp³-hybridized carbons (Fsp3) is 0.438. The number of carbonyl (C=O) groups is 3. The molecule has 3 amide bonds. The zero-order valence-electron chi connectivity index (χ0n) is 14.7. The highest BCUT2D eigenvalue weighted by atomic mass is 35.5. The van der Waals surface area contributed by atoms with Gasteiger partial charge in [-0.05, 0) is 43.6 Å². The largest absolute Gasteiger partial charge is 0.495 e. The van der Waals surface area contributed by atoms with Crippen LogP contribution in [0.15, 0.2) is 18.2 Å². The van der Waals surface area contributed by atoms with Gasteiger partial charge < -0.3 is 25.8 Å². The van der Waals surface area contributed by atoms with Crippen LogP contribution in [0.4, 0.5) is 10.5 Å². The van der Waals surface area contributed by atoms with Crippen LogP contribution in [0.3, 0.4) is 0 Å². The van der Waals surface area contributed by atoms with Crippen molar-refractivity contribution >= 4 is 47.0 Å². The van der Waals surface area contributed by atoms with E-state index in [1.807, 2.05) is 6.26 Å². The van der Waals surface area contributed by atoms with Crippen LogP contribution in [0, 0.1) is 0 Å². The summed E-state index contributed by atoms with van der Waals surface area (Å²) >= 11 is 7.41. The molecule has 0 bridgehead atoms. The summed E-state index contributed by atoms with van der Waals surface area (Å²) in [6, 6.07) is 2.97. The number of urea groups is 1. The number of anilines is 1. The number of benzene rings is 1. The average molecular weight is 404 g/mol. The normalized spacial score (nSPS) is 12.6. The van der Waals surface area contributed by atoms with Crippen LogP contribution in [0.1, 0.15) is 13.3 Å². The van der Waals surface area contributed by atoms with Crippen LogP contribution in [0.25, 0.3) is 0 Å². The van der Waals surface area contributed by atoms with Crippen molar-refractivity contribution < 1.29 is 23.9 Å². The molecule has 0 aliphatic rings. The summed E-state index contributed by atoms with van der Waals surface area (Å²) in [6.07, 6.45) is 1.10. The van der Waals surface area contributed by atoms with Gasteiger partial charge in [0.25, 0.3) is 5.91 Å². The van der Waals surface area contributed by atoms with Crippen molar-refractivity contribution in [2.75, 3.05) is 24.4 Å². The molecule has 0 unspecified atom stereocenters. The number of thioether (sulfide) groups is 1. The first-order valence-corrected chi connectivity index (χ1v) is 9.45. The summed E-state index contributed by atoms with van der Waals surface area (Å²) in [5.41, 5.74) is 5.42. The molecule has 10 heteroatoms. The molecule has 1 aromatic rings. The van der Waals surface area contributed by atoms with Crippen LogP contribution in [-0.2, 0) is 14.3 Å². The number of nitrogens with one attached hydrogen (secondary N) is 2. The zero-order chi connectivity index (χ0) is 19.7. The highest BCUT2D eigenvalue weighted by molar-refractivity contribution is 7.98. The Morgan fingerprint density at radius 2 is 2.04 bits per heavy atom. The molecule has 8 nitrogen and oxygen atoms in total. The molecular formula is C16H22ClN3O5S. The number of nitrogens with two attached hydrogens (primary N) is 1. The third kappa shape index (κ3) is 7.01. The molecule has 0 radical (unpaired) electrons. The second-order valence-corrected chi connectivity index (χ2v) is 6.68. The molecule has 0 saturated carbocycles. The fourth-order valence-electron chi connectivity index (χ4n) is 1.98. The Kier molecular flexibility index (Phi) is 9.08. The second kappa shape index (κ2) is 10.8. The van der Waals surface area contributed by atoms with Crippen molar-refractivity contribution in [3.63, 3.8) is 0 Å². The first kappa shape index (κ1) is 21.9. The Bertz CT molecular complexity index is 659. The Labute approximate surface area is 161 Å². The summed E-state index contributed by atoms with van der Waals surface area (Å²) < 4.78 is 10.3. The average Bonchev–Trinajstić information content (AvgIpc) is 2.58. The van der Waals surface area contributed by atoms with E-state index < -0.39 is 30.1 Å². The summed E-state index contributed by atoms with van der Waals surface area (Å²) in [7, 11) is 1.45. The minimum atomic E-state index is -1.10. The van der Waals surface area contributed by atoms with Gasteiger partial charge in [-0.3, -0.25) is 4.79 Å². The number of hydrogen-bond acceptors (Lipinski definition) is 6. The molecule has 0 aliphatic carbocycles. The van der Waals surface area contributed by atoms with E-state index in [0.29, 0.717) is 28.6 Å². The van der Waals surface area contributed by atoms with E-state index in [1.54, 1.807) is 12.1 Å². The standard InChI is InChI=1S/C16H22ClN3O5S/c1-9(25-15(22)11(6-7-26-3)20-16(18)23)14(21)19-12-8-10(17)4-5-13(12)24-2/h4-5,8-9,11H,6-7H2,1-3H3,(H,19,21)(H3,18,20,23)/t9-,11+/m1/s1. The molecule has 0 saturated heterocycles. The van der Waals surface area contributed by atoms with Crippen LogP contribution in [-0.4, -0.2) is 49.2 Å². The molecule has 1 rings (SSSR count). The lowest BCUT2D eigenvalue weighted by Crippen LogP contribution is -2.46. The van der Waals surface area contributed by atoms with Crippen molar-refractivity contribution in [3.05, 3.63) is 23.2 Å². The quantitative estimate of drug-likeness (QED) is 0.542. The lowest BCUT2D eigenvalue weighted by molar-refractivity contribution is -0.155. The van der Waals surface area contributed by atoms with Gasteiger partial charge in [0, 0.05) is 5.02 Å².